The van der Waals surface area contributed by atoms with Crippen LogP contribution in [0.5, 0.6) is 17.2 Å². The van der Waals surface area contributed by atoms with Gasteiger partial charge < -0.3 is 24.6 Å². The van der Waals surface area contributed by atoms with E-state index < -0.39 is 11.9 Å². The number of hydrogen-bond acceptors (Lipinski definition) is 6. The van der Waals surface area contributed by atoms with Crippen LogP contribution in [0.1, 0.15) is 34.0 Å². The second kappa shape index (κ2) is 14.4. The maximum absolute atomic E-state index is 12.9. The van der Waals surface area contributed by atoms with E-state index in [-0.39, 0.29) is 28.5 Å². The molecule has 4 aromatic rings. The van der Waals surface area contributed by atoms with E-state index in [1.54, 1.807) is 55.5 Å². The fourth-order valence-electron chi connectivity index (χ4n) is 3.86. The van der Waals surface area contributed by atoms with Crippen molar-refractivity contribution in [2.75, 3.05) is 11.9 Å². The summed E-state index contributed by atoms with van der Waals surface area (Å²) in [6, 6.07) is 28.0. The standard InChI is InChI=1S/C33H27ClN2O6/c1-2-40-30-18-24(17-29(34)31(30)42-21-23-8-10-25(11-9-23)33(38)39)16-26(19-35)32(37)36-27-12-14-28(15-13-27)41-20-22-6-4-3-5-7-22/h3-18H,2,20-21H2,1H3,(H,36,37)(H,38,39)/b26-16+. The number of nitriles is 1. The molecule has 0 radical (unpaired) electrons. The van der Waals surface area contributed by atoms with Gasteiger partial charge in [-0.15, -0.1) is 0 Å². The highest BCUT2D eigenvalue weighted by atomic mass is 35.5. The van der Waals surface area contributed by atoms with Crippen LogP contribution >= 0.6 is 11.6 Å². The highest BCUT2D eigenvalue weighted by Gasteiger charge is 2.15. The molecule has 0 spiro atoms. The number of amides is 1. The first-order valence-electron chi connectivity index (χ1n) is 13.0. The number of carbonyl (C=O) groups is 2. The predicted molar refractivity (Wildman–Crippen MR) is 160 cm³/mol. The summed E-state index contributed by atoms with van der Waals surface area (Å²) in [6.45, 7) is 2.67. The van der Waals surface area contributed by atoms with Crippen LogP contribution in [0.15, 0.2) is 96.6 Å². The maximum Gasteiger partial charge on any atom is 0.335 e. The van der Waals surface area contributed by atoms with Crippen LogP contribution in [0.3, 0.4) is 0 Å². The van der Waals surface area contributed by atoms with Crippen molar-refractivity contribution >= 4 is 35.2 Å². The Balaban J connectivity index is 1.43. The number of nitrogens with one attached hydrogen (secondary N) is 1. The molecule has 2 N–H and O–H groups in total. The lowest BCUT2D eigenvalue weighted by molar-refractivity contribution is -0.112. The van der Waals surface area contributed by atoms with Gasteiger partial charge >= 0.3 is 5.97 Å². The zero-order valence-electron chi connectivity index (χ0n) is 22.7. The summed E-state index contributed by atoms with van der Waals surface area (Å²) in [6.07, 6.45) is 1.41. The molecule has 0 bridgehead atoms. The van der Waals surface area contributed by atoms with Crippen LogP contribution in [-0.2, 0) is 18.0 Å². The Bertz CT molecular complexity index is 1610. The summed E-state index contributed by atoms with van der Waals surface area (Å²) < 4.78 is 17.4. The third-order valence-corrected chi connectivity index (χ3v) is 6.23. The Morgan fingerprint density at radius 1 is 0.905 bits per heavy atom. The van der Waals surface area contributed by atoms with Gasteiger partial charge in [0.05, 0.1) is 17.2 Å². The number of ether oxygens (including phenoxy) is 3. The molecule has 4 rings (SSSR count). The van der Waals surface area contributed by atoms with Crippen LogP contribution in [0.2, 0.25) is 5.02 Å². The molecule has 0 saturated carbocycles. The van der Waals surface area contributed by atoms with Crippen LogP contribution in [0.4, 0.5) is 5.69 Å². The van der Waals surface area contributed by atoms with Gasteiger partial charge in [-0.2, -0.15) is 5.26 Å². The summed E-state index contributed by atoms with van der Waals surface area (Å²) >= 11 is 6.51. The molecule has 0 aliphatic carbocycles. The van der Waals surface area contributed by atoms with Gasteiger partial charge in [0.15, 0.2) is 11.5 Å². The summed E-state index contributed by atoms with van der Waals surface area (Å²) in [5, 5.41) is 21.7. The molecule has 0 aromatic heterocycles. The second-order valence-electron chi connectivity index (χ2n) is 8.98. The maximum atomic E-state index is 12.9. The minimum absolute atomic E-state index is 0.122. The van der Waals surface area contributed by atoms with Gasteiger partial charge in [-0.1, -0.05) is 54.1 Å². The molecule has 0 saturated heterocycles. The van der Waals surface area contributed by atoms with Crippen LogP contribution < -0.4 is 19.5 Å². The topological polar surface area (TPSA) is 118 Å². The molecular weight excluding hydrogens is 556 g/mol. The third-order valence-electron chi connectivity index (χ3n) is 5.95. The number of benzene rings is 4. The Labute approximate surface area is 248 Å². The van der Waals surface area contributed by atoms with Crippen molar-refractivity contribution in [3.8, 4) is 23.3 Å². The van der Waals surface area contributed by atoms with Gasteiger partial charge in [0.2, 0.25) is 0 Å². The highest BCUT2D eigenvalue weighted by Crippen LogP contribution is 2.38. The van der Waals surface area contributed by atoms with Crippen molar-refractivity contribution in [2.24, 2.45) is 0 Å². The van der Waals surface area contributed by atoms with Crippen LogP contribution in [0, 0.1) is 11.3 Å². The number of hydrogen-bond donors (Lipinski definition) is 2. The van der Waals surface area contributed by atoms with Crippen LogP contribution in [0.25, 0.3) is 6.08 Å². The zero-order chi connectivity index (χ0) is 29.9. The molecule has 42 heavy (non-hydrogen) atoms. The molecule has 212 valence electrons. The monoisotopic (exact) mass is 582 g/mol. The third kappa shape index (κ3) is 8.13. The van der Waals surface area contributed by atoms with Gasteiger partial charge in [0.25, 0.3) is 5.91 Å². The minimum atomic E-state index is -1.01. The molecule has 0 aliphatic heterocycles. The normalized spacial score (nSPS) is 10.8. The number of nitrogens with zero attached hydrogens (tertiary/aromatic N) is 1. The quantitative estimate of drug-likeness (QED) is 0.135. The van der Waals surface area contributed by atoms with E-state index in [1.807, 2.05) is 36.4 Å². The first-order valence-corrected chi connectivity index (χ1v) is 13.4. The molecule has 0 atom stereocenters. The first kappa shape index (κ1) is 29.7. The average molecular weight is 583 g/mol. The van der Waals surface area contributed by atoms with Crippen molar-refractivity contribution in [3.05, 3.63) is 124 Å². The number of carboxylic acid groups (broad SMARTS) is 1. The Morgan fingerprint density at radius 3 is 2.21 bits per heavy atom. The van der Waals surface area contributed by atoms with Crippen molar-refractivity contribution in [1.82, 2.24) is 0 Å². The van der Waals surface area contributed by atoms with Gasteiger partial charge in [-0.25, -0.2) is 4.79 Å². The highest BCUT2D eigenvalue weighted by molar-refractivity contribution is 6.32. The van der Waals surface area contributed by atoms with E-state index in [4.69, 9.17) is 30.9 Å². The SMILES string of the molecule is CCOc1cc(/C=C(\C#N)C(=O)Nc2ccc(OCc3ccccc3)cc2)cc(Cl)c1OCc1ccc(C(=O)O)cc1. The van der Waals surface area contributed by atoms with Gasteiger partial charge in [0, 0.05) is 5.69 Å². The molecule has 0 unspecified atom stereocenters. The summed E-state index contributed by atoms with van der Waals surface area (Å²) in [4.78, 5) is 23.9. The molecule has 0 aliphatic rings. The van der Waals surface area contributed by atoms with E-state index in [9.17, 15) is 14.9 Å². The van der Waals surface area contributed by atoms with Crippen molar-refractivity contribution in [2.45, 2.75) is 20.1 Å². The summed E-state index contributed by atoms with van der Waals surface area (Å²) in [5.74, 6) is -0.335. The Kier molecular flexibility index (Phi) is 10.2. The molecule has 0 heterocycles. The summed E-state index contributed by atoms with van der Waals surface area (Å²) in [7, 11) is 0. The minimum Gasteiger partial charge on any atom is -0.490 e. The number of anilines is 1. The average Bonchev–Trinajstić information content (AvgIpc) is 3.00. The van der Waals surface area contributed by atoms with Gasteiger partial charge in [0.1, 0.15) is 30.6 Å². The smallest absolute Gasteiger partial charge is 0.335 e. The number of carbonyl (C=O) groups excluding carboxylic acids is 1. The van der Waals surface area contributed by atoms with E-state index in [0.717, 1.165) is 11.1 Å². The number of rotatable bonds is 12. The zero-order valence-corrected chi connectivity index (χ0v) is 23.4. The fourth-order valence-corrected chi connectivity index (χ4v) is 4.14. The largest absolute Gasteiger partial charge is 0.490 e. The number of carboxylic acids is 1. The molecule has 4 aromatic carbocycles. The van der Waals surface area contributed by atoms with E-state index in [0.29, 0.717) is 36.0 Å². The van der Waals surface area contributed by atoms with Gasteiger partial charge in [-0.05, 0) is 78.2 Å². The van der Waals surface area contributed by atoms with Crippen molar-refractivity contribution in [1.29, 1.82) is 5.26 Å². The lowest BCUT2D eigenvalue weighted by Crippen LogP contribution is -2.13. The molecular formula is C33H27ClN2O6. The molecule has 8 nitrogen and oxygen atoms in total. The van der Waals surface area contributed by atoms with Crippen molar-refractivity contribution in [3.63, 3.8) is 0 Å². The summed E-state index contributed by atoms with van der Waals surface area (Å²) in [5.41, 5.74) is 2.79. The van der Waals surface area contributed by atoms with Crippen LogP contribution in [-0.4, -0.2) is 23.6 Å². The van der Waals surface area contributed by atoms with E-state index in [2.05, 4.69) is 5.32 Å². The van der Waals surface area contributed by atoms with E-state index in [1.165, 1.54) is 18.2 Å². The number of aromatic carboxylic acids is 1. The van der Waals surface area contributed by atoms with E-state index >= 15 is 0 Å². The second-order valence-corrected chi connectivity index (χ2v) is 9.38. The molecule has 0 fully saturated rings. The first-order chi connectivity index (χ1) is 20.4. The van der Waals surface area contributed by atoms with Gasteiger partial charge in [-0.3, -0.25) is 4.79 Å². The molecule has 1 amide bonds. The lowest BCUT2D eigenvalue weighted by atomic mass is 10.1. The Morgan fingerprint density at radius 2 is 1.57 bits per heavy atom. The fraction of sp³-hybridized carbons (Fsp3) is 0.121. The number of halogens is 1. The Hall–Kier alpha value is -5.26. The predicted octanol–water partition coefficient (Wildman–Crippen LogP) is 7.14. The lowest BCUT2D eigenvalue weighted by Gasteiger charge is -2.15. The van der Waals surface area contributed by atoms with Crippen molar-refractivity contribution < 1.29 is 28.9 Å². The molecule has 9 heteroatoms.